The van der Waals surface area contributed by atoms with Crippen molar-refractivity contribution in [1.29, 1.82) is 0 Å². The van der Waals surface area contributed by atoms with Crippen LogP contribution in [0.2, 0.25) is 0 Å². The Morgan fingerprint density at radius 1 is 0.296 bits per heavy atom. The van der Waals surface area contributed by atoms with E-state index in [2.05, 4.69) is 53.2 Å². The first-order valence-corrected chi connectivity index (χ1v) is 33.9. The SMILES string of the molecule is CC(C)(C)C(=O)Cc1ccc(NC(=O)C(C)(C)C)cc1.CC(C)(C)C(=O)NCCNC(=O)C(C)(C)C.CC(C)(C)CNC(=O)CC(=O)NC(C)(C)C.CC(C)(C)NC(=O)C(C)(C)C.CC(C)(C)NC(=O)CNC(=O)C(C)(C)C.CC(C)(C)NC(=O)c1ccc(NC(=O)C(C)(C)C)cc1. The average molecular weight is 1380 g/mol. The Bertz CT molecular complexity index is 2810. The molecular formula is C77H138N10O11. The molecule has 21 heteroatoms. The summed E-state index contributed by atoms with van der Waals surface area (Å²) in [5.41, 5.74) is -0.581. The number of carbonyl (C=O) groups is 11. The Kier molecular flexibility index (Phi) is 39.2. The Balaban J connectivity index is -0.000000546. The quantitative estimate of drug-likeness (QED) is 0.0664. The predicted molar refractivity (Wildman–Crippen MR) is 402 cm³/mol. The van der Waals surface area contributed by atoms with Crippen molar-refractivity contribution < 1.29 is 52.7 Å². The highest BCUT2D eigenvalue weighted by Crippen LogP contribution is 2.23. The summed E-state index contributed by atoms with van der Waals surface area (Å²) in [5, 5.41) is 27.9. The molecule has 0 heterocycles. The van der Waals surface area contributed by atoms with Gasteiger partial charge in [-0.2, -0.15) is 0 Å². The lowest BCUT2D eigenvalue weighted by Gasteiger charge is -2.26. The average Bonchev–Trinajstić information content (AvgIpc) is 0.877. The number of carbonyl (C=O) groups excluding carboxylic acids is 11. The molecule has 0 aliphatic carbocycles. The van der Waals surface area contributed by atoms with E-state index in [0.29, 0.717) is 37.3 Å². The Hall–Kier alpha value is -7.19. The molecule has 10 amide bonds. The second-order valence-corrected chi connectivity index (χ2v) is 37.2. The summed E-state index contributed by atoms with van der Waals surface area (Å²) < 4.78 is 0. The van der Waals surface area contributed by atoms with Gasteiger partial charge in [0.1, 0.15) is 12.2 Å². The van der Waals surface area contributed by atoms with Crippen LogP contribution in [-0.4, -0.2) is 113 Å². The first-order valence-electron chi connectivity index (χ1n) is 33.9. The van der Waals surface area contributed by atoms with Crippen molar-refractivity contribution in [2.75, 3.05) is 36.8 Å². The van der Waals surface area contributed by atoms with Crippen LogP contribution < -0.4 is 53.2 Å². The molecule has 2 rings (SSSR count). The highest BCUT2D eigenvalue weighted by molar-refractivity contribution is 5.98. The van der Waals surface area contributed by atoms with Crippen LogP contribution in [0, 0.1) is 43.3 Å². The number of amides is 10. The summed E-state index contributed by atoms with van der Waals surface area (Å²) in [5.74, 6) is -0.627. The van der Waals surface area contributed by atoms with Crippen LogP contribution in [0.25, 0.3) is 0 Å². The number of hydrogen-bond donors (Lipinski definition) is 10. The number of nitrogens with one attached hydrogen (secondary N) is 10. The monoisotopic (exact) mass is 1380 g/mol. The standard InChI is InChI=1S/C17H25NO2.C16H24N2O2.2C12H24N2O2.C11H22N2O2.C9H19NO/c1-16(2,3)14(19)11-12-7-9-13(10-8-12)18-15(20)17(4,5)6;1-15(2,3)14(20)17-12-9-7-11(8-10-12)13(19)18-16(4,5)6;1-11(2,3)8-13-9(15)7-10(16)14-12(4,5)6;1-11(2,3)9(15)13-7-8-14-10(16)12(4,5)6;1-10(2,3)9(15)12-7-8(14)13-11(4,5)6;1-8(2,3)7(11)10-9(4,5)6/h7-10H,11H2,1-6H3,(H,18,20);7-10H,1-6H3,(H,17,20)(H,18,19);2*7-8H2,1-6H3,(H,13,15)(H,14,16);7H2,1-6H3,(H,12,15)(H,13,14);1-6H3,(H,10,11). The topological polar surface area (TPSA) is 308 Å². The number of benzene rings is 2. The molecule has 98 heavy (non-hydrogen) atoms. The van der Waals surface area contributed by atoms with E-state index in [1.54, 1.807) is 24.3 Å². The molecule has 0 unspecified atom stereocenters. The number of anilines is 2. The van der Waals surface area contributed by atoms with Gasteiger partial charge in [-0.3, -0.25) is 52.7 Å². The molecule has 0 atom stereocenters. The molecule has 0 aliphatic heterocycles. The van der Waals surface area contributed by atoms with Gasteiger partial charge < -0.3 is 53.2 Å². The summed E-state index contributed by atoms with van der Waals surface area (Å²) in [6, 6.07) is 14.4. The van der Waals surface area contributed by atoms with Crippen molar-refractivity contribution in [3.05, 3.63) is 59.7 Å². The molecule has 0 saturated carbocycles. The fourth-order valence-corrected chi connectivity index (χ4v) is 6.24. The third-order valence-corrected chi connectivity index (χ3v) is 12.2. The molecule has 0 aromatic heterocycles. The Labute approximate surface area is 593 Å². The van der Waals surface area contributed by atoms with Gasteiger partial charge in [0.25, 0.3) is 5.91 Å². The van der Waals surface area contributed by atoms with Gasteiger partial charge in [-0.15, -0.1) is 0 Å². The lowest BCUT2D eigenvalue weighted by Crippen LogP contribution is -2.47. The lowest BCUT2D eigenvalue weighted by molar-refractivity contribution is -0.131. The minimum Gasteiger partial charge on any atom is -0.355 e. The summed E-state index contributed by atoms with van der Waals surface area (Å²) in [6.45, 7) is 70.0. The van der Waals surface area contributed by atoms with E-state index in [9.17, 15) is 52.7 Å². The molecule has 0 aliphatic rings. The third kappa shape index (κ3) is 53.8. The van der Waals surface area contributed by atoms with Gasteiger partial charge >= 0.3 is 0 Å². The fourth-order valence-electron chi connectivity index (χ4n) is 6.24. The minimum atomic E-state index is -0.456. The fraction of sp³-hybridized carbons (Fsp3) is 0.701. The van der Waals surface area contributed by atoms with Crippen molar-refractivity contribution >= 4 is 76.2 Å². The van der Waals surface area contributed by atoms with E-state index in [1.165, 1.54) is 0 Å². The van der Waals surface area contributed by atoms with Gasteiger partial charge in [-0.1, -0.05) is 178 Å². The van der Waals surface area contributed by atoms with E-state index < -0.39 is 16.2 Å². The highest BCUT2D eigenvalue weighted by Gasteiger charge is 2.28. The molecule has 562 valence electrons. The van der Waals surface area contributed by atoms with Crippen LogP contribution in [-0.2, 0) is 54.4 Å². The summed E-state index contributed by atoms with van der Waals surface area (Å²) in [6.07, 6.45) is 0.324. The van der Waals surface area contributed by atoms with Crippen molar-refractivity contribution in [1.82, 2.24) is 42.5 Å². The maximum absolute atomic E-state index is 12.0. The largest absolute Gasteiger partial charge is 0.355 e. The van der Waals surface area contributed by atoms with Gasteiger partial charge in [0.2, 0.25) is 53.2 Å². The molecule has 0 spiro atoms. The smallest absolute Gasteiger partial charge is 0.251 e. The van der Waals surface area contributed by atoms with Gasteiger partial charge in [0.15, 0.2) is 0 Å². The summed E-state index contributed by atoms with van der Waals surface area (Å²) in [7, 11) is 0. The normalized spacial score (nSPS) is 12.2. The second-order valence-electron chi connectivity index (χ2n) is 37.2. The Morgan fingerprint density at radius 2 is 0.602 bits per heavy atom. The van der Waals surface area contributed by atoms with E-state index in [4.69, 9.17) is 0 Å². The van der Waals surface area contributed by atoms with Gasteiger partial charge in [0.05, 0.1) is 6.54 Å². The van der Waals surface area contributed by atoms with E-state index in [-0.39, 0.29) is 127 Å². The molecule has 0 saturated heterocycles. The molecule has 0 bridgehead atoms. The molecule has 0 radical (unpaired) electrons. The van der Waals surface area contributed by atoms with Gasteiger partial charge in [-0.05, 0) is 130 Å². The van der Waals surface area contributed by atoms with Crippen molar-refractivity contribution in [3.8, 4) is 0 Å². The number of Topliss-reactive ketones (excluding diaryl/α,β-unsaturated/α-hetero) is 1. The maximum atomic E-state index is 12.0. The van der Waals surface area contributed by atoms with Crippen LogP contribution in [0.15, 0.2) is 48.5 Å². The zero-order valence-electron chi connectivity index (χ0n) is 67.9. The van der Waals surface area contributed by atoms with Crippen molar-refractivity contribution in [2.45, 2.75) is 284 Å². The minimum absolute atomic E-state index is 0.00231. The maximum Gasteiger partial charge on any atom is 0.251 e. The Morgan fingerprint density at radius 3 is 0.888 bits per heavy atom. The first kappa shape index (κ1) is 97.2. The zero-order valence-corrected chi connectivity index (χ0v) is 67.9. The van der Waals surface area contributed by atoms with Crippen LogP contribution >= 0.6 is 0 Å². The van der Waals surface area contributed by atoms with Crippen LogP contribution in [0.4, 0.5) is 11.4 Å². The summed E-state index contributed by atoms with van der Waals surface area (Å²) >= 11 is 0. The molecule has 2 aromatic carbocycles. The van der Waals surface area contributed by atoms with Gasteiger partial charge in [-0.25, -0.2) is 0 Å². The lowest BCUT2D eigenvalue weighted by atomic mass is 9.87. The second kappa shape index (κ2) is 39.6. The van der Waals surface area contributed by atoms with Crippen LogP contribution in [0.1, 0.15) is 272 Å². The van der Waals surface area contributed by atoms with E-state index in [1.807, 2.05) is 274 Å². The summed E-state index contributed by atoms with van der Waals surface area (Å²) in [4.78, 5) is 128. The first-order chi connectivity index (χ1) is 43.2. The van der Waals surface area contributed by atoms with Crippen LogP contribution in [0.3, 0.4) is 0 Å². The van der Waals surface area contributed by atoms with E-state index in [0.717, 1.165) is 11.3 Å². The van der Waals surface area contributed by atoms with Gasteiger partial charge in [0, 0.05) is 103 Å². The molecular weight excluding hydrogens is 1240 g/mol. The molecule has 2 aromatic rings. The van der Waals surface area contributed by atoms with Crippen molar-refractivity contribution in [2.24, 2.45) is 43.3 Å². The van der Waals surface area contributed by atoms with E-state index >= 15 is 0 Å². The molecule has 0 fully saturated rings. The zero-order chi connectivity index (χ0) is 78.6. The van der Waals surface area contributed by atoms with Crippen molar-refractivity contribution in [3.63, 3.8) is 0 Å². The van der Waals surface area contributed by atoms with Crippen LogP contribution in [0.5, 0.6) is 0 Å². The predicted octanol–water partition coefficient (Wildman–Crippen LogP) is 12.8. The number of hydrogen-bond acceptors (Lipinski definition) is 11. The number of rotatable bonds is 13. The highest BCUT2D eigenvalue weighted by atomic mass is 16.2. The number of ketones is 1. The third-order valence-electron chi connectivity index (χ3n) is 12.2. The molecule has 10 N–H and O–H groups in total. The molecule has 21 nitrogen and oxygen atoms in total.